The van der Waals surface area contributed by atoms with Crippen molar-refractivity contribution < 1.29 is 9.59 Å². The van der Waals surface area contributed by atoms with Gasteiger partial charge in [-0.25, -0.2) is 4.98 Å². The number of rotatable bonds is 6. The molecule has 0 spiro atoms. The van der Waals surface area contributed by atoms with Gasteiger partial charge in [-0.05, 0) is 71.4 Å². The number of carbonyl (C=O) groups excluding carboxylic acids is 2. The maximum Gasteiger partial charge on any atom is 0.263 e. The summed E-state index contributed by atoms with van der Waals surface area (Å²) >= 11 is 2.77. The molecule has 0 saturated heterocycles. The number of nitrogens with zero attached hydrogens (tertiary/aromatic N) is 2. The fraction of sp³-hybridized carbons (Fsp3) is 0.364. The molecule has 30 heavy (non-hydrogen) atoms. The number of nitrogens with one attached hydrogen (secondary N) is 1. The molecule has 1 atom stereocenters. The average molecular weight is 444 g/mol. The molecule has 3 aromatic rings. The molecule has 1 aromatic carbocycles. The van der Waals surface area contributed by atoms with Crippen molar-refractivity contribution in [2.45, 2.75) is 58.0 Å². The third-order valence-corrected chi connectivity index (χ3v) is 7.10. The van der Waals surface area contributed by atoms with Crippen LogP contribution >= 0.6 is 23.1 Å². The van der Waals surface area contributed by atoms with Crippen LogP contribution in [-0.4, -0.2) is 26.5 Å². The number of thiophene rings is 1. The van der Waals surface area contributed by atoms with Gasteiger partial charge in [0.25, 0.3) is 5.56 Å². The molecule has 1 N–H and O–H groups in total. The monoisotopic (exact) mass is 443 g/mol. The topological polar surface area (TPSA) is 81.1 Å². The molecule has 0 bridgehead atoms. The van der Waals surface area contributed by atoms with E-state index in [0.717, 1.165) is 10.4 Å². The quantitative estimate of drug-likeness (QED) is 0.330. The van der Waals surface area contributed by atoms with E-state index >= 15 is 0 Å². The van der Waals surface area contributed by atoms with Crippen molar-refractivity contribution >= 4 is 50.7 Å². The number of aromatic nitrogens is 2. The third kappa shape index (κ3) is 4.34. The number of anilines is 1. The molecular formula is C22H25N3O3S2. The minimum absolute atomic E-state index is 0.0241. The Labute approximate surface area is 183 Å². The lowest BCUT2D eigenvalue weighted by molar-refractivity contribution is -0.115. The van der Waals surface area contributed by atoms with Gasteiger partial charge < -0.3 is 5.32 Å². The Morgan fingerprint density at radius 2 is 1.77 bits per heavy atom. The first kappa shape index (κ1) is 22.2. The number of hydrogen-bond donors (Lipinski definition) is 1. The number of Topliss-reactive ketones (excluding diaryl/α,β-unsaturated/α-hetero) is 1. The van der Waals surface area contributed by atoms with Gasteiger partial charge >= 0.3 is 0 Å². The molecule has 0 radical (unpaired) electrons. The summed E-state index contributed by atoms with van der Waals surface area (Å²) in [5.74, 6) is -0.220. The predicted molar refractivity (Wildman–Crippen MR) is 124 cm³/mol. The Bertz CT molecular complexity index is 1180. The lowest BCUT2D eigenvalue weighted by Gasteiger charge is -2.18. The van der Waals surface area contributed by atoms with Crippen molar-refractivity contribution in [1.29, 1.82) is 0 Å². The van der Waals surface area contributed by atoms with E-state index < -0.39 is 5.25 Å². The van der Waals surface area contributed by atoms with Crippen LogP contribution in [0.4, 0.5) is 5.69 Å². The van der Waals surface area contributed by atoms with Crippen molar-refractivity contribution in [3.63, 3.8) is 0 Å². The average Bonchev–Trinajstić information content (AvgIpc) is 2.95. The summed E-state index contributed by atoms with van der Waals surface area (Å²) in [5, 5.41) is 3.60. The van der Waals surface area contributed by atoms with Crippen LogP contribution < -0.4 is 10.9 Å². The van der Waals surface area contributed by atoms with Crippen LogP contribution in [0.15, 0.2) is 34.2 Å². The summed E-state index contributed by atoms with van der Waals surface area (Å²) in [6, 6.07) is 6.70. The highest BCUT2D eigenvalue weighted by molar-refractivity contribution is 8.00. The van der Waals surface area contributed by atoms with Gasteiger partial charge in [0, 0.05) is 22.2 Å². The van der Waals surface area contributed by atoms with Gasteiger partial charge in [0.15, 0.2) is 10.9 Å². The smallest absolute Gasteiger partial charge is 0.263 e. The van der Waals surface area contributed by atoms with Crippen LogP contribution in [0.5, 0.6) is 0 Å². The second-order valence-electron chi connectivity index (χ2n) is 7.51. The minimum atomic E-state index is -0.464. The molecule has 158 valence electrons. The Morgan fingerprint density at radius 3 is 2.33 bits per heavy atom. The summed E-state index contributed by atoms with van der Waals surface area (Å²) in [6.07, 6.45) is 0. The van der Waals surface area contributed by atoms with E-state index in [-0.39, 0.29) is 23.3 Å². The summed E-state index contributed by atoms with van der Waals surface area (Å²) in [5.41, 5.74) is 2.12. The van der Waals surface area contributed by atoms with E-state index in [1.807, 2.05) is 27.7 Å². The van der Waals surface area contributed by atoms with Gasteiger partial charge in [0.1, 0.15) is 4.83 Å². The highest BCUT2D eigenvalue weighted by Crippen LogP contribution is 2.31. The number of thioether (sulfide) groups is 1. The standard InChI is InChI=1S/C22H25N3O3S2/c1-11(2)25-21(28)18-12(3)14(5)29-20(18)24-22(25)30-15(6)19(27)23-17-9-7-16(8-10-17)13(4)26/h7-11,15H,1-6H3,(H,23,27). The zero-order valence-electron chi connectivity index (χ0n) is 17.9. The van der Waals surface area contributed by atoms with E-state index in [0.29, 0.717) is 26.6 Å². The lowest BCUT2D eigenvalue weighted by Crippen LogP contribution is -2.28. The fourth-order valence-corrected chi connectivity index (χ4v) is 5.18. The predicted octanol–water partition coefficient (Wildman–Crippen LogP) is 4.98. The Hall–Kier alpha value is -2.45. The zero-order chi connectivity index (χ0) is 22.2. The molecule has 0 aliphatic rings. The first-order valence-corrected chi connectivity index (χ1v) is 11.4. The molecule has 3 rings (SSSR count). The second kappa shape index (κ2) is 8.73. The molecule has 0 saturated carbocycles. The van der Waals surface area contributed by atoms with Gasteiger partial charge in [-0.1, -0.05) is 11.8 Å². The van der Waals surface area contributed by atoms with Crippen LogP contribution in [0.25, 0.3) is 10.2 Å². The van der Waals surface area contributed by atoms with Crippen LogP contribution in [0.3, 0.4) is 0 Å². The minimum Gasteiger partial charge on any atom is -0.325 e. The van der Waals surface area contributed by atoms with Crippen molar-refractivity contribution in [2.24, 2.45) is 0 Å². The van der Waals surface area contributed by atoms with E-state index in [9.17, 15) is 14.4 Å². The molecule has 6 nitrogen and oxygen atoms in total. The van der Waals surface area contributed by atoms with Crippen LogP contribution in [-0.2, 0) is 4.79 Å². The SMILES string of the molecule is CC(=O)c1ccc(NC(=O)C(C)Sc2nc3sc(C)c(C)c3c(=O)n2C(C)C)cc1. The number of fused-ring (bicyclic) bond motifs is 1. The van der Waals surface area contributed by atoms with Crippen LogP contribution in [0, 0.1) is 13.8 Å². The van der Waals surface area contributed by atoms with Crippen molar-refractivity contribution in [2.75, 3.05) is 5.32 Å². The van der Waals surface area contributed by atoms with Crippen LogP contribution in [0.2, 0.25) is 0 Å². The number of aryl methyl sites for hydroxylation is 2. The van der Waals surface area contributed by atoms with Crippen LogP contribution in [0.1, 0.15) is 54.5 Å². The number of carbonyl (C=O) groups is 2. The third-order valence-electron chi connectivity index (χ3n) is 4.93. The van der Waals surface area contributed by atoms with Gasteiger partial charge in [0.05, 0.1) is 10.6 Å². The van der Waals surface area contributed by atoms with Gasteiger partial charge in [-0.2, -0.15) is 0 Å². The molecule has 0 aliphatic heterocycles. The van der Waals surface area contributed by atoms with Crippen molar-refractivity contribution in [1.82, 2.24) is 9.55 Å². The molecule has 0 fully saturated rings. The fourth-order valence-electron chi connectivity index (χ4n) is 3.07. The van der Waals surface area contributed by atoms with E-state index in [1.165, 1.54) is 30.0 Å². The Morgan fingerprint density at radius 1 is 1.13 bits per heavy atom. The molecule has 1 amide bonds. The zero-order valence-corrected chi connectivity index (χ0v) is 19.5. The Balaban J connectivity index is 1.87. The summed E-state index contributed by atoms with van der Waals surface area (Å²) in [6.45, 7) is 11.1. The highest BCUT2D eigenvalue weighted by atomic mass is 32.2. The molecule has 8 heteroatoms. The van der Waals surface area contributed by atoms with E-state index in [4.69, 9.17) is 4.98 Å². The molecule has 1 unspecified atom stereocenters. The first-order valence-electron chi connectivity index (χ1n) is 9.71. The van der Waals surface area contributed by atoms with Gasteiger partial charge in [-0.3, -0.25) is 19.0 Å². The maximum absolute atomic E-state index is 13.1. The molecular weight excluding hydrogens is 418 g/mol. The second-order valence-corrected chi connectivity index (χ2v) is 10.0. The molecule has 0 aliphatic carbocycles. The number of benzene rings is 1. The highest BCUT2D eigenvalue weighted by Gasteiger charge is 2.22. The summed E-state index contributed by atoms with van der Waals surface area (Å²) in [4.78, 5) is 43.8. The summed E-state index contributed by atoms with van der Waals surface area (Å²) < 4.78 is 1.66. The maximum atomic E-state index is 13.1. The number of amides is 1. The molecule has 2 aromatic heterocycles. The lowest BCUT2D eigenvalue weighted by atomic mass is 10.1. The van der Waals surface area contributed by atoms with Gasteiger partial charge in [-0.15, -0.1) is 11.3 Å². The van der Waals surface area contributed by atoms with E-state index in [2.05, 4.69) is 5.32 Å². The van der Waals surface area contributed by atoms with Crippen molar-refractivity contribution in [3.05, 3.63) is 50.6 Å². The summed E-state index contributed by atoms with van der Waals surface area (Å²) in [7, 11) is 0. The van der Waals surface area contributed by atoms with Gasteiger partial charge in [0.2, 0.25) is 5.91 Å². The largest absolute Gasteiger partial charge is 0.325 e. The number of ketones is 1. The molecule has 2 heterocycles. The Kier molecular flexibility index (Phi) is 6.47. The normalized spacial score (nSPS) is 12.4. The van der Waals surface area contributed by atoms with E-state index in [1.54, 1.807) is 35.8 Å². The number of hydrogen-bond acceptors (Lipinski definition) is 6. The van der Waals surface area contributed by atoms with Crippen molar-refractivity contribution in [3.8, 4) is 0 Å². The first-order chi connectivity index (χ1) is 14.1.